The average Bonchev–Trinajstić information content (AvgIpc) is 2.96. The predicted molar refractivity (Wildman–Crippen MR) is 137 cm³/mol. The summed E-state index contributed by atoms with van der Waals surface area (Å²) in [5.41, 5.74) is -0.229. The van der Waals surface area contributed by atoms with Crippen molar-refractivity contribution in [2.75, 3.05) is 25.5 Å². The van der Waals surface area contributed by atoms with Crippen LogP contribution in [-0.4, -0.2) is 47.4 Å². The Morgan fingerprint density at radius 1 is 1.28 bits per heavy atom. The molecule has 0 aromatic heterocycles. The summed E-state index contributed by atoms with van der Waals surface area (Å²) in [5.74, 6) is -0.383. The number of nitriles is 1. The summed E-state index contributed by atoms with van der Waals surface area (Å²) in [6.07, 6.45) is 2.86. The Morgan fingerprint density at radius 2 is 1.97 bits per heavy atom. The smallest absolute Gasteiger partial charge is 0.349 e. The maximum atomic E-state index is 13.5. The first-order valence-electron chi connectivity index (χ1n) is 11.4. The molecule has 1 aromatic carbocycles. The molecule has 2 rings (SSSR count). The second kappa shape index (κ2) is 12.5. The lowest BCUT2D eigenvalue weighted by atomic mass is 10.1. The number of halogens is 3. The minimum Gasteiger partial charge on any atom is -0.349 e. The highest BCUT2D eigenvalue weighted by atomic mass is 32.1. The molecular formula is C26H29F3N4O2S. The largest absolute Gasteiger partial charge is 0.417 e. The number of carbonyl (C=O) groups excluding carboxylic acids is 2. The van der Waals surface area contributed by atoms with E-state index < -0.39 is 23.2 Å². The molecule has 0 saturated carbocycles. The number of thiocarbonyl (C=S) groups is 1. The van der Waals surface area contributed by atoms with Gasteiger partial charge in [0.1, 0.15) is 0 Å². The van der Waals surface area contributed by atoms with Crippen molar-refractivity contribution >= 4 is 34.8 Å². The van der Waals surface area contributed by atoms with Gasteiger partial charge in [-0.2, -0.15) is 18.4 Å². The van der Waals surface area contributed by atoms with Crippen LogP contribution in [0.5, 0.6) is 0 Å². The normalized spacial score (nSPS) is 15.2. The standard InChI is InChI=1S/C26H29F3N4O2S/c1-5-20(13-11-18(2)8-6-9-23(34)31(3)4)32-15-7-10-24(35)33(25(32)36)21-14-12-19(17-30)22(16-21)26(27,28)29/h5,11-14,16H,2,6-10,15H2,1,3-4H3. The zero-order chi connectivity index (χ0) is 27.0. The van der Waals surface area contributed by atoms with Crippen molar-refractivity contribution in [3.05, 3.63) is 65.4 Å². The van der Waals surface area contributed by atoms with Crippen LogP contribution in [0.4, 0.5) is 18.9 Å². The summed E-state index contributed by atoms with van der Waals surface area (Å²) in [6.45, 7) is 6.21. The maximum absolute atomic E-state index is 13.5. The van der Waals surface area contributed by atoms with Crippen molar-refractivity contribution in [2.45, 2.75) is 45.2 Å². The lowest BCUT2D eigenvalue weighted by molar-refractivity contribution is -0.137. The molecule has 0 N–H and O–H groups in total. The fraction of sp³-hybridized carbons (Fsp3) is 0.385. The molecule has 1 aliphatic heterocycles. The van der Waals surface area contributed by atoms with Gasteiger partial charge in [-0.25, -0.2) is 0 Å². The first kappa shape index (κ1) is 28.8. The molecule has 0 aliphatic carbocycles. The monoisotopic (exact) mass is 518 g/mol. The first-order chi connectivity index (χ1) is 16.9. The number of hydrogen-bond acceptors (Lipinski definition) is 4. The molecule has 1 fully saturated rings. The van der Waals surface area contributed by atoms with E-state index in [1.54, 1.807) is 50.2 Å². The van der Waals surface area contributed by atoms with Gasteiger partial charge in [0.05, 0.1) is 22.9 Å². The molecule has 0 bridgehead atoms. The highest BCUT2D eigenvalue weighted by molar-refractivity contribution is 7.80. The summed E-state index contributed by atoms with van der Waals surface area (Å²) in [5, 5.41) is 9.13. The van der Waals surface area contributed by atoms with E-state index in [9.17, 15) is 22.8 Å². The van der Waals surface area contributed by atoms with Crippen molar-refractivity contribution in [3.8, 4) is 6.07 Å². The number of benzene rings is 1. The van der Waals surface area contributed by atoms with E-state index in [1.165, 1.54) is 11.0 Å². The lowest BCUT2D eigenvalue weighted by Crippen LogP contribution is -2.43. The zero-order valence-corrected chi connectivity index (χ0v) is 21.4. The van der Waals surface area contributed by atoms with Crippen LogP contribution < -0.4 is 4.90 Å². The molecule has 192 valence electrons. The lowest BCUT2D eigenvalue weighted by Gasteiger charge is -2.30. The van der Waals surface area contributed by atoms with Crippen LogP contribution >= 0.6 is 12.2 Å². The second-order valence-electron chi connectivity index (χ2n) is 8.45. The number of alkyl halides is 3. The van der Waals surface area contributed by atoms with Crippen LogP contribution in [0, 0.1) is 11.3 Å². The van der Waals surface area contributed by atoms with Gasteiger partial charge in [-0.15, -0.1) is 0 Å². The molecule has 0 spiro atoms. The fourth-order valence-electron chi connectivity index (χ4n) is 3.64. The van der Waals surface area contributed by atoms with Crippen molar-refractivity contribution in [2.24, 2.45) is 0 Å². The molecule has 10 heteroatoms. The second-order valence-corrected chi connectivity index (χ2v) is 8.82. The van der Waals surface area contributed by atoms with Crippen molar-refractivity contribution < 1.29 is 22.8 Å². The fourth-order valence-corrected chi connectivity index (χ4v) is 4.04. The number of rotatable bonds is 8. The van der Waals surface area contributed by atoms with Crippen LogP contribution in [0.15, 0.2) is 54.3 Å². The Bertz CT molecular complexity index is 1130. The van der Waals surface area contributed by atoms with E-state index in [-0.39, 0.29) is 23.1 Å². The van der Waals surface area contributed by atoms with E-state index in [1.807, 2.05) is 0 Å². The first-order valence-corrected chi connectivity index (χ1v) is 11.8. The van der Waals surface area contributed by atoms with E-state index in [2.05, 4.69) is 6.58 Å². The molecule has 6 nitrogen and oxygen atoms in total. The molecule has 1 heterocycles. The maximum Gasteiger partial charge on any atom is 0.417 e. The quantitative estimate of drug-likeness (QED) is 0.333. The molecule has 2 amide bonds. The van der Waals surface area contributed by atoms with E-state index in [0.29, 0.717) is 37.9 Å². The molecule has 1 aromatic rings. The third-order valence-corrected chi connectivity index (χ3v) is 6.02. The zero-order valence-electron chi connectivity index (χ0n) is 20.6. The summed E-state index contributed by atoms with van der Waals surface area (Å²) < 4.78 is 40.6. The van der Waals surface area contributed by atoms with Crippen molar-refractivity contribution in [1.82, 2.24) is 9.80 Å². The molecule has 0 radical (unpaired) electrons. The number of hydrogen-bond donors (Lipinski definition) is 0. The third kappa shape index (κ3) is 7.28. The van der Waals surface area contributed by atoms with E-state index >= 15 is 0 Å². The van der Waals surface area contributed by atoms with Crippen molar-refractivity contribution in [3.63, 3.8) is 0 Å². The van der Waals surface area contributed by atoms with Crippen LogP contribution in [0.2, 0.25) is 0 Å². The summed E-state index contributed by atoms with van der Waals surface area (Å²) >= 11 is 5.58. The minimum atomic E-state index is -4.76. The Balaban J connectivity index is 2.27. The van der Waals surface area contributed by atoms with Gasteiger partial charge in [0, 0.05) is 39.2 Å². The van der Waals surface area contributed by atoms with Crippen molar-refractivity contribution in [1.29, 1.82) is 5.26 Å². The molecule has 1 aliphatic rings. The molecule has 0 unspecified atom stereocenters. The van der Waals surface area contributed by atoms with Gasteiger partial charge in [-0.3, -0.25) is 14.5 Å². The number of nitrogens with zero attached hydrogens (tertiary/aromatic N) is 4. The van der Waals surface area contributed by atoms with E-state index in [0.717, 1.165) is 22.6 Å². The van der Waals surface area contributed by atoms with Gasteiger partial charge >= 0.3 is 6.18 Å². The highest BCUT2D eigenvalue weighted by Crippen LogP contribution is 2.35. The van der Waals surface area contributed by atoms with Crippen LogP contribution in [0.25, 0.3) is 0 Å². The van der Waals surface area contributed by atoms with Crippen LogP contribution in [0.1, 0.15) is 50.2 Å². The molecular weight excluding hydrogens is 489 g/mol. The van der Waals surface area contributed by atoms with Gasteiger partial charge in [-0.05, 0) is 62.7 Å². The molecule has 0 atom stereocenters. The van der Waals surface area contributed by atoms with Gasteiger partial charge in [0.2, 0.25) is 11.8 Å². The Morgan fingerprint density at radius 3 is 2.56 bits per heavy atom. The van der Waals surface area contributed by atoms with Gasteiger partial charge in [-0.1, -0.05) is 24.3 Å². The predicted octanol–water partition coefficient (Wildman–Crippen LogP) is 5.57. The van der Waals surface area contributed by atoms with Crippen LogP contribution in [-0.2, 0) is 15.8 Å². The van der Waals surface area contributed by atoms with E-state index in [4.69, 9.17) is 17.5 Å². The number of amides is 2. The highest BCUT2D eigenvalue weighted by Gasteiger charge is 2.36. The Hall–Kier alpha value is -3.45. The Labute approximate surface area is 215 Å². The molecule has 1 saturated heterocycles. The minimum absolute atomic E-state index is 0.0390. The average molecular weight is 519 g/mol. The SMILES string of the molecule is C=C(C=CC(=CC)N1CCCC(=O)N(c2ccc(C#N)c(C(F)(F)F)c2)C1=S)CCCC(=O)N(C)C. The summed E-state index contributed by atoms with van der Waals surface area (Å²) in [4.78, 5) is 28.9. The Kier molecular flexibility index (Phi) is 9.99. The third-order valence-electron chi connectivity index (χ3n) is 5.62. The van der Waals surface area contributed by atoms with Gasteiger partial charge < -0.3 is 9.80 Å². The van der Waals surface area contributed by atoms with Gasteiger partial charge in [0.15, 0.2) is 5.11 Å². The summed E-state index contributed by atoms with van der Waals surface area (Å²) in [6, 6.07) is 4.67. The number of anilines is 1. The molecule has 36 heavy (non-hydrogen) atoms. The number of allylic oxidation sites excluding steroid dienone is 4. The van der Waals surface area contributed by atoms with Gasteiger partial charge in [0.25, 0.3) is 0 Å². The number of carbonyl (C=O) groups is 2. The van der Waals surface area contributed by atoms with Crippen LogP contribution in [0.3, 0.4) is 0 Å². The topological polar surface area (TPSA) is 67.6 Å². The summed E-state index contributed by atoms with van der Waals surface area (Å²) in [7, 11) is 3.41.